The predicted molar refractivity (Wildman–Crippen MR) is 346 cm³/mol. The number of hydrogen-bond donors (Lipinski definition) is 7. The number of nitrogens with two attached hydrogens (primary N) is 5. The number of rotatable bonds is 13. The number of aromatic nitrogens is 4. The summed E-state index contributed by atoms with van der Waals surface area (Å²) in [7, 11) is -0.248. The normalized spacial score (nSPS) is 12.6. The maximum atomic E-state index is 11.1. The first-order chi connectivity index (χ1) is 44.3. The monoisotopic (exact) mass is 1380 g/mol. The first kappa shape index (κ1) is 80.2. The number of anilines is 5. The van der Waals surface area contributed by atoms with Crippen LogP contribution in [-0.4, -0.2) is 91.5 Å². The number of nitrogens with one attached hydrogen (secondary N) is 1. The van der Waals surface area contributed by atoms with Crippen molar-refractivity contribution < 1.29 is 82.6 Å². The highest BCUT2D eigenvalue weighted by molar-refractivity contribution is 7.86. The Balaban J connectivity index is 0.000000396. The maximum Gasteiger partial charge on any atom is 0.298 e. The summed E-state index contributed by atoms with van der Waals surface area (Å²) < 4.78 is 76.4. The third-order valence-corrected chi connectivity index (χ3v) is 11.9. The van der Waals surface area contributed by atoms with Crippen LogP contribution in [0, 0.1) is 29.4 Å². The Labute approximate surface area is 546 Å². The summed E-state index contributed by atoms with van der Waals surface area (Å²) in [6.45, 7) is 5.61. The number of azo groups is 3. The third-order valence-electron chi connectivity index (χ3n) is 11.1. The van der Waals surface area contributed by atoms with Crippen LogP contribution in [0.2, 0.25) is 0 Å². The van der Waals surface area contributed by atoms with E-state index in [1.54, 1.807) is 79.7 Å². The van der Waals surface area contributed by atoms with Gasteiger partial charge in [-0.25, -0.2) is 39.0 Å². The fourth-order valence-electron chi connectivity index (χ4n) is 6.49. The van der Waals surface area contributed by atoms with E-state index in [4.69, 9.17) is 54.6 Å². The Morgan fingerprint density at radius 1 is 0.589 bits per heavy atom. The van der Waals surface area contributed by atoms with Crippen LogP contribution < -0.4 is 73.3 Å². The summed E-state index contributed by atoms with van der Waals surface area (Å²) in [6.07, 6.45) is 18.0. The molecule has 0 saturated carbocycles. The minimum Gasteiger partial charge on any atom is -0.707 e. The van der Waals surface area contributed by atoms with E-state index in [9.17, 15) is 40.6 Å². The van der Waals surface area contributed by atoms with Gasteiger partial charge in [0.25, 0.3) is 36.0 Å². The fourth-order valence-corrected chi connectivity index (χ4v) is 6.49. The van der Waals surface area contributed by atoms with Crippen molar-refractivity contribution in [3.8, 4) is 5.75 Å². The summed E-state index contributed by atoms with van der Waals surface area (Å²) >= 11 is 0. The molecule has 0 aliphatic heterocycles. The highest BCUT2D eigenvalue weighted by Crippen LogP contribution is 2.35. The van der Waals surface area contributed by atoms with Crippen LogP contribution in [0.3, 0.4) is 0 Å². The van der Waals surface area contributed by atoms with Crippen LogP contribution in [0.5, 0.6) is 5.75 Å². The van der Waals surface area contributed by atoms with E-state index in [1.807, 2.05) is 130 Å². The number of hydrogen-bond acceptors (Lipinski definition) is 31. The van der Waals surface area contributed by atoms with Crippen molar-refractivity contribution in [1.82, 2.24) is 4.73 Å². The molecule has 510 valence electrons. The van der Waals surface area contributed by atoms with E-state index >= 15 is 0 Å². The summed E-state index contributed by atoms with van der Waals surface area (Å²) in [4.78, 5) is 12.5. The third kappa shape index (κ3) is 31.3. The predicted octanol–water partition coefficient (Wildman–Crippen LogP) is 3.23. The molecule has 0 atom stereocenters. The number of pyridine rings is 4. The van der Waals surface area contributed by atoms with Gasteiger partial charge in [0.1, 0.15) is 61.0 Å². The van der Waals surface area contributed by atoms with Crippen molar-refractivity contribution >= 4 is 110 Å². The Morgan fingerprint density at radius 2 is 1.02 bits per heavy atom. The van der Waals surface area contributed by atoms with Gasteiger partial charge in [0.15, 0.2) is 48.4 Å². The molecular formula is C56H72N20O16S3. The van der Waals surface area contributed by atoms with E-state index < -0.39 is 35.3 Å². The smallest absolute Gasteiger partial charge is 0.298 e. The Bertz CT molecular complexity index is 4350. The Morgan fingerprint density at radius 3 is 1.43 bits per heavy atom. The Kier molecular flexibility index (Phi) is 32.2. The van der Waals surface area contributed by atoms with E-state index in [2.05, 4.69) is 53.9 Å². The molecule has 0 amide bonds. The summed E-state index contributed by atoms with van der Waals surface area (Å²) in [5, 5.41) is 87.5. The Hall–Kier alpha value is -10.9. The van der Waals surface area contributed by atoms with Crippen molar-refractivity contribution in [2.75, 3.05) is 67.8 Å². The largest absolute Gasteiger partial charge is 0.707 e. The molecule has 4 heterocycles. The SMILES string of the molecule is CC1=CC(=NN=c2cc(C)ccn2O)C(N)=CC1=N.CN(C)c1ccc(N=Nc2ccc[n+](C)c2)c([N+](=O)[O-])c1.COc1cc(N=Nc2ccc[n+](C)c2)c(N)cc1N.CS(=O)(=O)O[O-].CS(=O)(=O)O[O-].CS(=O)(=O)O[O-].Cc1cc(N=Nc2ccc[n+](C)c2)c(N)cc1N. The van der Waals surface area contributed by atoms with Crippen molar-refractivity contribution in [2.24, 2.45) is 67.8 Å². The minimum absolute atomic E-state index is 0.0646. The van der Waals surface area contributed by atoms with Gasteiger partial charge in [-0.2, -0.15) is 4.73 Å². The number of aryl methyl sites for hydroxylation is 5. The zero-order valence-electron chi connectivity index (χ0n) is 53.3. The second kappa shape index (κ2) is 38.2. The lowest BCUT2D eigenvalue weighted by atomic mass is 10.0. The standard InChI is InChI=1S/C14H16N5O2.C13H15N5O.C13H16N5O.C13H16N5.3CH4O4S/c1-17(2)12-6-7-13(14(9-12)19(20)21)16-15-11-5-4-8-18(3)10-11;1-8-3-4-18(19)13(5-8)17-16-12-6-9(2)10(14)7-11(12)15;1-18-5-3-4-9(8-18)16-17-12-7-13(19-2)11(15)6-10(12)14;1-9-6-13(12(15)7-11(9)14)17-16-10-4-3-5-18(2)8-10;3*1-6(3,4)5-2/h4-10H,1-3H3;3-7,14,19H,15H2,1-2H3;3-8H,14-15H2,1-2H3;3-8H,14-15H2,1-2H3;3*2H,1H3/q+1;;2*+1;;;/p-3. The lowest BCUT2D eigenvalue weighted by molar-refractivity contribution is -0.671. The van der Waals surface area contributed by atoms with E-state index in [-0.39, 0.29) is 11.4 Å². The van der Waals surface area contributed by atoms with Gasteiger partial charge in [-0.05, 0) is 110 Å². The van der Waals surface area contributed by atoms with Gasteiger partial charge < -0.3 is 77.7 Å². The average Bonchev–Trinajstić information content (AvgIpc) is 0.969. The maximum absolute atomic E-state index is 11.1. The van der Waals surface area contributed by atoms with Crippen LogP contribution in [0.1, 0.15) is 18.1 Å². The number of nitrogens with zero attached hydrogens (tertiary/aromatic N) is 14. The van der Waals surface area contributed by atoms with Gasteiger partial charge in [-0.1, -0.05) is 0 Å². The second-order valence-corrected chi connectivity index (χ2v) is 24.3. The van der Waals surface area contributed by atoms with Gasteiger partial charge in [0.05, 0.1) is 59.3 Å². The molecule has 4 aromatic heterocycles. The van der Waals surface area contributed by atoms with Crippen molar-refractivity contribution in [1.29, 1.82) is 5.41 Å². The molecule has 0 spiro atoms. The van der Waals surface area contributed by atoms with Crippen LogP contribution in [-0.2, 0) is 64.5 Å². The van der Waals surface area contributed by atoms with E-state index in [0.717, 1.165) is 38.5 Å². The van der Waals surface area contributed by atoms with Crippen molar-refractivity contribution in [3.63, 3.8) is 0 Å². The van der Waals surface area contributed by atoms with Gasteiger partial charge in [-0.15, -0.1) is 40.9 Å². The van der Waals surface area contributed by atoms with Crippen molar-refractivity contribution in [2.45, 2.75) is 20.8 Å². The average molecular weight is 1380 g/mol. The zero-order valence-corrected chi connectivity index (χ0v) is 55.7. The van der Waals surface area contributed by atoms with Gasteiger partial charge >= 0.3 is 0 Å². The van der Waals surface area contributed by atoms with E-state index in [0.29, 0.717) is 86.9 Å². The first-order valence-corrected chi connectivity index (χ1v) is 32.0. The molecule has 0 saturated heterocycles. The number of methoxy groups -OCH3 is 1. The molecular weight excluding hydrogens is 1300 g/mol. The number of nitrogen functional groups attached to an aromatic ring is 4. The molecule has 36 nitrogen and oxygen atoms in total. The number of ether oxygens (including phenoxy) is 1. The molecule has 1 aliphatic rings. The second-order valence-electron chi connectivity index (χ2n) is 19.7. The van der Waals surface area contributed by atoms with Gasteiger partial charge in [0.2, 0.25) is 0 Å². The number of nitro benzene ring substituents is 1. The van der Waals surface area contributed by atoms with Crippen molar-refractivity contribution in [3.05, 3.63) is 185 Å². The molecule has 95 heavy (non-hydrogen) atoms. The number of allylic oxidation sites excluding steroid dienone is 3. The quantitative estimate of drug-likeness (QED) is 0.0127. The minimum atomic E-state index is -3.72. The number of nitro groups is 1. The van der Waals surface area contributed by atoms with Crippen LogP contribution in [0.15, 0.2) is 199 Å². The molecule has 0 bridgehead atoms. The van der Waals surface area contributed by atoms with Gasteiger partial charge in [0, 0.05) is 62.0 Å². The summed E-state index contributed by atoms with van der Waals surface area (Å²) in [6, 6.07) is 26.3. The highest BCUT2D eigenvalue weighted by atomic mass is 32.2. The zero-order chi connectivity index (χ0) is 72.0. The van der Waals surface area contributed by atoms with Crippen LogP contribution in [0.4, 0.5) is 68.2 Å². The highest BCUT2D eigenvalue weighted by Gasteiger charge is 2.16. The molecule has 0 unspecified atom stereocenters. The topological polar surface area (TPSA) is 545 Å². The summed E-state index contributed by atoms with van der Waals surface area (Å²) in [5.41, 5.74) is 39.5. The summed E-state index contributed by atoms with van der Waals surface area (Å²) in [5.74, 6) is 0.529. The lowest BCUT2D eigenvalue weighted by Gasteiger charge is -2.11. The lowest BCUT2D eigenvalue weighted by Crippen LogP contribution is -2.25. The fraction of sp³-hybridized carbons (Fsp3) is 0.214. The van der Waals surface area contributed by atoms with E-state index in [1.165, 1.54) is 18.3 Å². The molecule has 0 radical (unpaired) electrons. The molecule has 39 heteroatoms. The molecule has 0 fully saturated rings. The molecule has 3 aromatic carbocycles. The molecule has 7 aromatic rings. The molecule has 12 N–H and O–H groups in total. The van der Waals surface area contributed by atoms with Gasteiger partial charge in [-0.3, -0.25) is 10.1 Å². The van der Waals surface area contributed by atoms with Crippen LogP contribution >= 0.6 is 0 Å². The first-order valence-electron chi connectivity index (χ1n) is 26.5. The molecule has 1 aliphatic carbocycles. The van der Waals surface area contributed by atoms with Crippen LogP contribution in [0.25, 0.3) is 0 Å². The molecule has 8 rings (SSSR count). The number of benzene rings is 3.